The molecule has 102 valence electrons. The van der Waals surface area contributed by atoms with Crippen LogP contribution < -0.4 is 5.73 Å². The van der Waals surface area contributed by atoms with Gasteiger partial charge in [-0.2, -0.15) is 4.98 Å². The molecular formula is C10H8ClN7S2. The summed E-state index contributed by atoms with van der Waals surface area (Å²) in [5.41, 5.74) is 6.90. The second-order valence-electron chi connectivity index (χ2n) is 3.61. The fourth-order valence-corrected chi connectivity index (χ4v) is 3.14. The van der Waals surface area contributed by atoms with E-state index >= 15 is 0 Å². The topological polar surface area (TPSA) is 106 Å². The number of imidazole rings is 1. The Bertz CT molecular complexity index is 775. The Labute approximate surface area is 127 Å². The number of nitrogens with one attached hydrogen (secondary N) is 1. The third-order valence-corrected chi connectivity index (χ3v) is 3.95. The van der Waals surface area contributed by atoms with Gasteiger partial charge in [0, 0.05) is 6.07 Å². The van der Waals surface area contributed by atoms with E-state index < -0.39 is 0 Å². The average Bonchev–Trinajstić information content (AvgIpc) is 2.86. The number of rotatable bonds is 3. The number of hydrogen-bond donors (Lipinski definition) is 2. The Morgan fingerprint density at radius 2 is 2.10 bits per heavy atom. The molecule has 0 aliphatic heterocycles. The smallest absolute Gasteiger partial charge is 0.223 e. The molecule has 7 nitrogen and oxygen atoms in total. The third-order valence-electron chi connectivity index (χ3n) is 2.30. The van der Waals surface area contributed by atoms with Crippen molar-refractivity contribution in [3.63, 3.8) is 0 Å². The van der Waals surface area contributed by atoms with Crippen molar-refractivity contribution in [3.8, 4) is 0 Å². The largest absolute Gasteiger partial charge is 0.368 e. The lowest BCUT2D eigenvalue weighted by molar-refractivity contribution is 0.892. The van der Waals surface area contributed by atoms with Gasteiger partial charge < -0.3 is 10.7 Å². The first kappa shape index (κ1) is 13.4. The number of anilines is 1. The molecule has 0 aromatic carbocycles. The van der Waals surface area contributed by atoms with Gasteiger partial charge in [-0.1, -0.05) is 23.4 Å². The van der Waals surface area contributed by atoms with Gasteiger partial charge in [0.15, 0.2) is 10.8 Å². The molecule has 0 aliphatic carbocycles. The van der Waals surface area contributed by atoms with Crippen molar-refractivity contribution < 1.29 is 0 Å². The number of nitrogen functional groups attached to an aromatic ring is 1. The van der Waals surface area contributed by atoms with Crippen LogP contribution in [-0.4, -0.2) is 36.2 Å². The molecule has 0 unspecified atom stereocenters. The molecule has 3 heterocycles. The van der Waals surface area contributed by atoms with Crippen molar-refractivity contribution in [2.24, 2.45) is 0 Å². The second kappa shape index (κ2) is 5.43. The highest BCUT2D eigenvalue weighted by molar-refractivity contribution is 7.99. The molecule has 0 radical (unpaired) electrons. The summed E-state index contributed by atoms with van der Waals surface area (Å²) in [7, 11) is 0. The van der Waals surface area contributed by atoms with Crippen molar-refractivity contribution in [1.29, 1.82) is 0 Å². The molecule has 3 N–H and O–H groups in total. The third kappa shape index (κ3) is 2.65. The summed E-state index contributed by atoms with van der Waals surface area (Å²) < 4.78 is 0. The maximum atomic E-state index is 5.97. The molecule has 0 bridgehead atoms. The van der Waals surface area contributed by atoms with Gasteiger partial charge in [-0.15, -0.1) is 0 Å². The minimum absolute atomic E-state index is 0.164. The van der Waals surface area contributed by atoms with Crippen LogP contribution in [0.4, 0.5) is 5.95 Å². The van der Waals surface area contributed by atoms with Crippen LogP contribution in [-0.2, 0) is 0 Å². The second-order valence-corrected chi connectivity index (χ2v) is 5.78. The highest BCUT2D eigenvalue weighted by Crippen LogP contribution is 2.31. The van der Waals surface area contributed by atoms with Gasteiger partial charge in [-0.3, -0.25) is 0 Å². The lowest BCUT2D eigenvalue weighted by atomic mass is 10.5. The summed E-state index contributed by atoms with van der Waals surface area (Å²) in [4.78, 5) is 23.7. The quantitative estimate of drug-likeness (QED) is 0.429. The van der Waals surface area contributed by atoms with E-state index in [0.717, 1.165) is 0 Å². The molecule has 0 spiro atoms. The van der Waals surface area contributed by atoms with E-state index in [1.54, 1.807) is 12.4 Å². The molecule has 3 aromatic heterocycles. The fraction of sp³-hybridized carbons (Fsp3) is 0.100. The normalized spacial score (nSPS) is 11.1. The Balaban J connectivity index is 2.04. The van der Waals surface area contributed by atoms with Gasteiger partial charge in [-0.25, -0.2) is 19.9 Å². The molecule has 0 saturated carbocycles. The zero-order valence-electron chi connectivity index (χ0n) is 10.2. The van der Waals surface area contributed by atoms with Crippen LogP contribution in [0.25, 0.3) is 11.2 Å². The van der Waals surface area contributed by atoms with Gasteiger partial charge in [-0.05, 0) is 18.0 Å². The minimum Gasteiger partial charge on any atom is -0.368 e. The van der Waals surface area contributed by atoms with Crippen LogP contribution in [0.15, 0.2) is 27.6 Å². The minimum atomic E-state index is 0.164. The Morgan fingerprint density at radius 3 is 2.90 bits per heavy atom. The first-order valence-corrected chi connectivity index (χ1v) is 7.80. The van der Waals surface area contributed by atoms with Crippen molar-refractivity contribution in [2.75, 3.05) is 12.0 Å². The van der Waals surface area contributed by atoms with E-state index in [4.69, 9.17) is 17.3 Å². The van der Waals surface area contributed by atoms with Gasteiger partial charge in [0.2, 0.25) is 5.95 Å². The van der Waals surface area contributed by atoms with Crippen LogP contribution in [0.3, 0.4) is 0 Å². The van der Waals surface area contributed by atoms with Crippen LogP contribution >= 0.6 is 35.1 Å². The highest BCUT2D eigenvalue weighted by atomic mass is 35.5. The van der Waals surface area contributed by atoms with E-state index in [1.807, 2.05) is 6.26 Å². The SMILES string of the molecule is CSc1nc(Cl)cc(Sc2nc(N)nc3nc[nH]c23)n1. The molecule has 3 rings (SSSR count). The standard InChI is InChI=1S/C10H8ClN7S2/c1-19-10-15-4(11)2-5(16-10)20-8-6-7(14-3-13-6)17-9(12)18-8/h2-3H,1H3,(H3,12,13,14,17,18). The predicted octanol–water partition coefficient (Wildman–Crippen LogP) is 2.25. The highest BCUT2D eigenvalue weighted by Gasteiger charge is 2.12. The molecule has 0 aliphatic rings. The average molecular weight is 326 g/mol. The first-order valence-electron chi connectivity index (χ1n) is 5.38. The van der Waals surface area contributed by atoms with E-state index in [1.165, 1.54) is 23.5 Å². The van der Waals surface area contributed by atoms with Crippen LogP contribution in [0.5, 0.6) is 0 Å². The Hall–Kier alpha value is -1.58. The number of nitrogens with two attached hydrogens (primary N) is 1. The van der Waals surface area contributed by atoms with Gasteiger partial charge >= 0.3 is 0 Å². The number of H-pyrrole nitrogens is 1. The molecule has 3 aromatic rings. The molecule has 10 heteroatoms. The monoisotopic (exact) mass is 325 g/mol. The molecular weight excluding hydrogens is 318 g/mol. The summed E-state index contributed by atoms with van der Waals surface area (Å²) in [5.74, 6) is 0.164. The number of thioether (sulfide) groups is 1. The summed E-state index contributed by atoms with van der Waals surface area (Å²) in [6.07, 6.45) is 3.43. The van der Waals surface area contributed by atoms with E-state index in [0.29, 0.717) is 31.5 Å². The maximum Gasteiger partial charge on any atom is 0.223 e. The first-order chi connectivity index (χ1) is 9.65. The van der Waals surface area contributed by atoms with Gasteiger partial charge in [0.05, 0.1) is 6.33 Å². The van der Waals surface area contributed by atoms with Crippen molar-refractivity contribution in [1.82, 2.24) is 29.9 Å². The maximum absolute atomic E-state index is 5.97. The van der Waals surface area contributed by atoms with E-state index in [9.17, 15) is 0 Å². The zero-order chi connectivity index (χ0) is 14.1. The molecule has 0 atom stereocenters. The summed E-state index contributed by atoms with van der Waals surface area (Å²) in [5, 5.41) is 2.31. The number of halogens is 1. The number of nitrogens with zero attached hydrogens (tertiary/aromatic N) is 5. The number of aromatic amines is 1. The zero-order valence-corrected chi connectivity index (χ0v) is 12.6. The van der Waals surface area contributed by atoms with Crippen LogP contribution in [0.1, 0.15) is 0 Å². The van der Waals surface area contributed by atoms with E-state index in [2.05, 4.69) is 29.9 Å². The Kier molecular flexibility index (Phi) is 3.64. The van der Waals surface area contributed by atoms with Crippen molar-refractivity contribution in [3.05, 3.63) is 17.5 Å². The number of aromatic nitrogens is 6. The summed E-state index contributed by atoms with van der Waals surface area (Å²) >= 11 is 8.71. The molecule has 0 fully saturated rings. The Morgan fingerprint density at radius 1 is 1.25 bits per heavy atom. The fourth-order valence-electron chi connectivity index (χ4n) is 1.52. The summed E-state index contributed by atoms with van der Waals surface area (Å²) in [6.45, 7) is 0. The van der Waals surface area contributed by atoms with Crippen molar-refractivity contribution >= 4 is 52.2 Å². The van der Waals surface area contributed by atoms with Gasteiger partial charge in [0.25, 0.3) is 0 Å². The predicted molar refractivity (Wildman–Crippen MR) is 79.0 cm³/mol. The lowest BCUT2D eigenvalue weighted by Gasteiger charge is -2.04. The van der Waals surface area contributed by atoms with Crippen LogP contribution in [0.2, 0.25) is 5.15 Å². The molecule has 20 heavy (non-hydrogen) atoms. The molecule has 0 saturated heterocycles. The summed E-state index contributed by atoms with van der Waals surface area (Å²) in [6, 6.07) is 1.67. The van der Waals surface area contributed by atoms with Gasteiger partial charge in [0.1, 0.15) is 20.7 Å². The lowest BCUT2D eigenvalue weighted by Crippen LogP contribution is -1.97. The van der Waals surface area contributed by atoms with Crippen LogP contribution in [0, 0.1) is 0 Å². The van der Waals surface area contributed by atoms with Crippen molar-refractivity contribution in [2.45, 2.75) is 15.2 Å². The number of fused-ring (bicyclic) bond motifs is 1. The van der Waals surface area contributed by atoms with E-state index in [-0.39, 0.29) is 5.95 Å². The number of hydrogen-bond acceptors (Lipinski definition) is 8. The molecule has 0 amide bonds.